The number of para-hydroxylation sites is 1. The van der Waals surface area contributed by atoms with E-state index >= 15 is 0 Å². The lowest BCUT2D eigenvalue weighted by Crippen LogP contribution is -2.34. The summed E-state index contributed by atoms with van der Waals surface area (Å²) in [4.78, 5) is 28.7. The van der Waals surface area contributed by atoms with Crippen LogP contribution in [0.3, 0.4) is 0 Å². The van der Waals surface area contributed by atoms with E-state index in [9.17, 15) is 9.59 Å². The fraction of sp³-hybridized carbons (Fsp3) is 0.379. The molecule has 35 heavy (non-hydrogen) atoms. The number of benzene rings is 2. The van der Waals surface area contributed by atoms with Gasteiger partial charge in [-0.2, -0.15) is 0 Å². The normalized spacial score (nSPS) is 17.6. The number of anilines is 1. The highest BCUT2D eigenvalue weighted by Crippen LogP contribution is 2.42. The fourth-order valence-corrected chi connectivity index (χ4v) is 4.94. The molecule has 184 valence electrons. The second-order valence-electron chi connectivity index (χ2n) is 8.83. The zero-order chi connectivity index (χ0) is 24.8. The molecule has 0 saturated heterocycles. The largest absolute Gasteiger partial charge is 0.490 e. The maximum Gasteiger partial charge on any atom is 0.336 e. The van der Waals surface area contributed by atoms with E-state index in [1.807, 2.05) is 49.4 Å². The Morgan fingerprint density at radius 1 is 1.00 bits per heavy atom. The van der Waals surface area contributed by atoms with Crippen LogP contribution >= 0.6 is 0 Å². The molecule has 0 bridgehead atoms. The Hall–Kier alpha value is -3.54. The molecule has 2 aliphatic rings. The molecular weight excluding hydrogens is 440 g/mol. The second kappa shape index (κ2) is 11.3. The summed E-state index contributed by atoms with van der Waals surface area (Å²) >= 11 is 0. The molecule has 6 heteroatoms. The number of Topliss-reactive ketones (excluding diaryl/α,β-unsaturated/α-hetero) is 1. The average molecular weight is 475 g/mol. The maximum atomic E-state index is 13.3. The van der Waals surface area contributed by atoms with Gasteiger partial charge < -0.3 is 19.7 Å². The Morgan fingerprint density at radius 3 is 2.40 bits per heavy atom. The predicted molar refractivity (Wildman–Crippen MR) is 137 cm³/mol. The number of allylic oxidation sites excluding steroid dienone is 3. The van der Waals surface area contributed by atoms with Gasteiger partial charge in [0.05, 0.1) is 5.57 Å². The molecular formula is C29H34N2O4. The number of hydrogen-bond acceptors (Lipinski definition) is 6. The first-order chi connectivity index (χ1) is 17.0. The van der Waals surface area contributed by atoms with E-state index in [0.29, 0.717) is 17.6 Å². The lowest BCUT2D eigenvalue weighted by Gasteiger charge is -2.34. The Morgan fingerprint density at radius 2 is 1.71 bits per heavy atom. The van der Waals surface area contributed by atoms with E-state index in [-0.39, 0.29) is 19.0 Å². The molecule has 1 N–H and O–H groups in total. The van der Waals surface area contributed by atoms with Gasteiger partial charge in [-0.1, -0.05) is 30.3 Å². The van der Waals surface area contributed by atoms with Crippen molar-refractivity contribution in [1.29, 1.82) is 0 Å². The molecule has 1 aliphatic carbocycles. The minimum atomic E-state index is -0.438. The van der Waals surface area contributed by atoms with Gasteiger partial charge in [0.1, 0.15) is 19.0 Å². The third kappa shape index (κ3) is 5.42. The standard InChI is InChI=1S/C29H34N2O4/c1-4-31(5-2)22-16-14-21(15-17-22)27-26(20(3)30-24-12-9-13-25(32)28(24)27)29(33)35-19-18-34-23-10-7-6-8-11-23/h6-8,10-11,14-17,27,30H,4-5,9,12-13,18-19H2,1-3H3. The van der Waals surface area contributed by atoms with Crippen LogP contribution in [0.15, 0.2) is 77.1 Å². The summed E-state index contributed by atoms with van der Waals surface area (Å²) < 4.78 is 11.3. The molecule has 1 atom stereocenters. The van der Waals surface area contributed by atoms with Crippen LogP contribution in [0, 0.1) is 0 Å². The van der Waals surface area contributed by atoms with E-state index in [1.54, 1.807) is 0 Å². The number of rotatable bonds is 9. The predicted octanol–water partition coefficient (Wildman–Crippen LogP) is 5.12. The van der Waals surface area contributed by atoms with E-state index in [1.165, 1.54) is 0 Å². The first-order valence-corrected chi connectivity index (χ1v) is 12.5. The Kier molecular flexibility index (Phi) is 7.91. The van der Waals surface area contributed by atoms with Gasteiger partial charge in [0.25, 0.3) is 0 Å². The van der Waals surface area contributed by atoms with Crippen LogP contribution in [0.25, 0.3) is 0 Å². The highest BCUT2D eigenvalue weighted by Gasteiger charge is 2.39. The van der Waals surface area contributed by atoms with Crippen molar-refractivity contribution in [3.8, 4) is 5.75 Å². The third-order valence-electron chi connectivity index (χ3n) is 6.68. The second-order valence-corrected chi connectivity index (χ2v) is 8.83. The van der Waals surface area contributed by atoms with Gasteiger partial charge in [0.15, 0.2) is 5.78 Å². The number of nitrogens with zero attached hydrogens (tertiary/aromatic N) is 1. The van der Waals surface area contributed by atoms with Gasteiger partial charge in [0, 0.05) is 48.1 Å². The number of carbonyl (C=O) groups excluding carboxylic acids is 2. The minimum absolute atomic E-state index is 0.0989. The smallest absolute Gasteiger partial charge is 0.336 e. The van der Waals surface area contributed by atoms with Crippen LogP contribution in [0.1, 0.15) is 51.5 Å². The van der Waals surface area contributed by atoms with Crippen molar-refractivity contribution >= 4 is 17.4 Å². The summed E-state index contributed by atoms with van der Waals surface area (Å²) in [5.74, 6) is -0.0319. The molecule has 2 aromatic rings. The summed E-state index contributed by atoms with van der Waals surface area (Å²) in [5.41, 5.74) is 4.92. The molecule has 0 radical (unpaired) electrons. The van der Waals surface area contributed by atoms with Crippen LogP contribution in [0.5, 0.6) is 5.75 Å². The quantitative estimate of drug-likeness (QED) is 0.402. The van der Waals surface area contributed by atoms with E-state index < -0.39 is 11.9 Å². The SMILES string of the molecule is CCN(CC)c1ccc(C2C(C(=O)OCCOc3ccccc3)=C(C)NC3=C2C(=O)CCC3)cc1. The number of esters is 1. The van der Waals surface area contributed by atoms with Crippen molar-refractivity contribution in [3.63, 3.8) is 0 Å². The van der Waals surface area contributed by atoms with E-state index in [0.717, 1.165) is 54.3 Å². The summed E-state index contributed by atoms with van der Waals surface area (Å²) in [5, 5.41) is 3.34. The molecule has 1 unspecified atom stereocenters. The zero-order valence-corrected chi connectivity index (χ0v) is 20.8. The monoisotopic (exact) mass is 474 g/mol. The molecule has 0 amide bonds. The summed E-state index contributed by atoms with van der Waals surface area (Å²) in [7, 11) is 0. The third-order valence-corrected chi connectivity index (χ3v) is 6.68. The Balaban J connectivity index is 1.58. The summed E-state index contributed by atoms with van der Waals surface area (Å²) in [6.07, 6.45) is 2.13. The number of carbonyl (C=O) groups is 2. The summed E-state index contributed by atoms with van der Waals surface area (Å²) in [6, 6.07) is 17.7. The lowest BCUT2D eigenvalue weighted by molar-refractivity contribution is -0.140. The highest BCUT2D eigenvalue weighted by molar-refractivity contribution is 6.03. The zero-order valence-electron chi connectivity index (χ0n) is 20.8. The van der Waals surface area contributed by atoms with E-state index in [2.05, 4.69) is 36.2 Å². The Labute approximate surface area is 207 Å². The first-order valence-electron chi connectivity index (χ1n) is 12.5. The Bertz CT molecular complexity index is 1120. The number of dihydropyridines is 1. The molecule has 0 spiro atoms. The summed E-state index contributed by atoms with van der Waals surface area (Å²) in [6.45, 7) is 8.35. The molecule has 0 saturated carbocycles. The molecule has 1 aliphatic heterocycles. The molecule has 6 nitrogen and oxygen atoms in total. The van der Waals surface area contributed by atoms with Crippen molar-refractivity contribution in [3.05, 3.63) is 82.7 Å². The molecule has 2 aromatic carbocycles. The molecule has 0 aromatic heterocycles. The van der Waals surface area contributed by atoms with Crippen LogP contribution in [0.2, 0.25) is 0 Å². The number of ketones is 1. The number of hydrogen-bond donors (Lipinski definition) is 1. The van der Waals surface area contributed by atoms with Crippen molar-refractivity contribution in [1.82, 2.24) is 5.32 Å². The van der Waals surface area contributed by atoms with Gasteiger partial charge in [-0.05, 0) is 63.4 Å². The first kappa shape index (κ1) is 24.6. The van der Waals surface area contributed by atoms with Crippen molar-refractivity contribution in [2.75, 3.05) is 31.2 Å². The minimum Gasteiger partial charge on any atom is -0.490 e. The van der Waals surface area contributed by atoms with Gasteiger partial charge in [0.2, 0.25) is 0 Å². The highest BCUT2D eigenvalue weighted by atomic mass is 16.6. The molecule has 0 fully saturated rings. The average Bonchev–Trinajstić information content (AvgIpc) is 2.87. The molecule has 4 rings (SSSR count). The van der Waals surface area contributed by atoms with Gasteiger partial charge in [-0.25, -0.2) is 4.79 Å². The molecule has 1 heterocycles. The van der Waals surface area contributed by atoms with E-state index in [4.69, 9.17) is 9.47 Å². The van der Waals surface area contributed by atoms with Crippen molar-refractivity contribution in [2.45, 2.75) is 46.0 Å². The maximum absolute atomic E-state index is 13.3. The van der Waals surface area contributed by atoms with Crippen LogP contribution < -0.4 is 15.0 Å². The van der Waals surface area contributed by atoms with Gasteiger partial charge in [-0.3, -0.25) is 4.79 Å². The van der Waals surface area contributed by atoms with Crippen molar-refractivity contribution < 1.29 is 19.1 Å². The van der Waals surface area contributed by atoms with Crippen LogP contribution in [-0.2, 0) is 14.3 Å². The lowest BCUT2D eigenvalue weighted by atomic mass is 9.75. The topological polar surface area (TPSA) is 67.9 Å². The van der Waals surface area contributed by atoms with Gasteiger partial charge in [-0.15, -0.1) is 0 Å². The van der Waals surface area contributed by atoms with Gasteiger partial charge >= 0.3 is 5.97 Å². The van der Waals surface area contributed by atoms with Crippen LogP contribution in [0.4, 0.5) is 5.69 Å². The van der Waals surface area contributed by atoms with Crippen molar-refractivity contribution in [2.24, 2.45) is 0 Å². The fourth-order valence-electron chi connectivity index (χ4n) is 4.94. The number of ether oxygens (including phenoxy) is 2. The number of nitrogens with one attached hydrogen (secondary N) is 1. The van der Waals surface area contributed by atoms with Crippen LogP contribution in [-0.4, -0.2) is 38.1 Å².